The summed E-state index contributed by atoms with van der Waals surface area (Å²) in [6, 6.07) is 6.10. The molecule has 1 saturated heterocycles. The van der Waals surface area contributed by atoms with E-state index in [0.29, 0.717) is 5.56 Å². The Balaban J connectivity index is 2.29. The van der Waals surface area contributed by atoms with Gasteiger partial charge < -0.3 is 4.90 Å². The lowest BCUT2D eigenvalue weighted by Crippen LogP contribution is -2.18. The Morgan fingerprint density at radius 3 is 2.88 bits per heavy atom. The van der Waals surface area contributed by atoms with Gasteiger partial charge in [-0.25, -0.2) is 9.18 Å². The minimum Gasteiger partial charge on any atom is -0.306 e. The molecule has 4 heteroatoms. The number of halogens is 1. The zero-order chi connectivity index (χ0) is 12.3. The third-order valence-electron chi connectivity index (χ3n) is 3.29. The summed E-state index contributed by atoms with van der Waals surface area (Å²) >= 11 is 0. The molecule has 0 N–H and O–H groups in total. The highest BCUT2D eigenvalue weighted by atomic mass is 19.1. The zero-order valence-corrected chi connectivity index (χ0v) is 9.77. The van der Waals surface area contributed by atoms with Crippen LogP contribution in [0, 0.1) is 11.7 Å². The second-order valence-corrected chi connectivity index (χ2v) is 4.50. The number of carbonyl (C=O) groups excluding carboxylic acids is 1. The molecular formula is C13H15FN2O. The molecule has 3 nitrogen and oxygen atoms in total. The minimum atomic E-state index is -0.404. The fourth-order valence-corrected chi connectivity index (χ4v) is 2.43. The second-order valence-electron chi connectivity index (χ2n) is 4.50. The fraction of sp³-hybridized carbons (Fsp3) is 0.462. The van der Waals surface area contributed by atoms with Gasteiger partial charge in [-0.15, -0.1) is 0 Å². The number of isocyanates is 1. The first-order valence-corrected chi connectivity index (χ1v) is 5.72. The largest absolute Gasteiger partial charge is 0.306 e. The Bertz CT molecular complexity index is 443. The van der Waals surface area contributed by atoms with E-state index in [9.17, 15) is 9.18 Å². The number of hydrogen-bond donors (Lipinski definition) is 0. The van der Waals surface area contributed by atoms with E-state index in [0.717, 1.165) is 19.5 Å². The quantitative estimate of drug-likeness (QED) is 0.593. The Morgan fingerprint density at radius 1 is 1.53 bits per heavy atom. The minimum absolute atomic E-state index is 0.193. The van der Waals surface area contributed by atoms with Gasteiger partial charge in [-0.05, 0) is 26.1 Å². The maximum Gasteiger partial charge on any atom is 0.235 e. The molecule has 0 aromatic heterocycles. The van der Waals surface area contributed by atoms with Crippen molar-refractivity contribution in [2.24, 2.45) is 10.9 Å². The van der Waals surface area contributed by atoms with E-state index >= 15 is 0 Å². The third-order valence-corrected chi connectivity index (χ3v) is 3.29. The molecule has 17 heavy (non-hydrogen) atoms. The number of likely N-dealkylation sites (tertiary alicyclic amines) is 1. The molecule has 0 aliphatic carbocycles. The fourth-order valence-electron chi connectivity index (χ4n) is 2.43. The summed E-state index contributed by atoms with van der Waals surface area (Å²) in [5.41, 5.74) is 0.496. The van der Waals surface area contributed by atoms with Crippen molar-refractivity contribution >= 4 is 6.08 Å². The smallest absolute Gasteiger partial charge is 0.235 e. The van der Waals surface area contributed by atoms with Crippen LogP contribution in [0.15, 0.2) is 29.3 Å². The van der Waals surface area contributed by atoms with E-state index in [4.69, 9.17) is 0 Å². The molecule has 1 aliphatic rings. The maximum atomic E-state index is 13.7. The number of benzene rings is 1. The van der Waals surface area contributed by atoms with Crippen molar-refractivity contribution in [1.29, 1.82) is 0 Å². The highest BCUT2D eigenvalue weighted by Crippen LogP contribution is 2.33. The first-order valence-electron chi connectivity index (χ1n) is 5.72. The van der Waals surface area contributed by atoms with Gasteiger partial charge >= 0.3 is 0 Å². The van der Waals surface area contributed by atoms with Gasteiger partial charge in [-0.3, -0.25) is 0 Å². The molecule has 1 fully saturated rings. The molecule has 0 saturated carbocycles. The average Bonchev–Trinajstić information content (AvgIpc) is 2.74. The van der Waals surface area contributed by atoms with E-state index in [1.807, 2.05) is 7.05 Å². The molecule has 2 atom stereocenters. The molecule has 2 unspecified atom stereocenters. The molecule has 0 spiro atoms. The van der Waals surface area contributed by atoms with E-state index in [-0.39, 0.29) is 11.7 Å². The Morgan fingerprint density at radius 2 is 2.29 bits per heavy atom. The van der Waals surface area contributed by atoms with Crippen LogP contribution >= 0.6 is 0 Å². The van der Waals surface area contributed by atoms with Crippen molar-refractivity contribution in [2.45, 2.75) is 12.5 Å². The van der Waals surface area contributed by atoms with Crippen molar-refractivity contribution < 1.29 is 9.18 Å². The van der Waals surface area contributed by atoms with Crippen LogP contribution in [0.3, 0.4) is 0 Å². The Labute approximate surface area is 100.0 Å². The number of hydrogen-bond acceptors (Lipinski definition) is 3. The molecule has 0 radical (unpaired) electrons. The summed E-state index contributed by atoms with van der Waals surface area (Å²) in [7, 11) is 2.02. The van der Waals surface area contributed by atoms with Gasteiger partial charge in [-0.1, -0.05) is 18.2 Å². The van der Waals surface area contributed by atoms with Crippen molar-refractivity contribution in [3.63, 3.8) is 0 Å². The number of aliphatic imine (C=N–C) groups is 1. The summed E-state index contributed by atoms with van der Waals surface area (Å²) in [4.78, 5) is 16.5. The van der Waals surface area contributed by atoms with Crippen LogP contribution in [0.2, 0.25) is 0 Å². The lowest BCUT2D eigenvalue weighted by Gasteiger charge is -2.18. The zero-order valence-electron chi connectivity index (χ0n) is 9.77. The normalized spacial score (nSPS) is 22.1. The van der Waals surface area contributed by atoms with Gasteiger partial charge in [0.15, 0.2) is 0 Å². The monoisotopic (exact) mass is 234 g/mol. The first kappa shape index (κ1) is 12.0. The molecular weight excluding hydrogens is 219 g/mol. The van der Waals surface area contributed by atoms with E-state index in [1.54, 1.807) is 24.3 Å². The van der Waals surface area contributed by atoms with Crippen LogP contribution in [0.25, 0.3) is 0 Å². The highest BCUT2D eigenvalue weighted by molar-refractivity contribution is 5.36. The van der Waals surface area contributed by atoms with Gasteiger partial charge in [0, 0.05) is 18.0 Å². The van der Waals surface area contributed by atoms with Gasteiger partial charge in [0.05, 0.1) is 6.04 Å². The lowest BCUT2D eigenvalue weighted by atomic mass is 9.92. The molecule has 0 amide bonds. The molecule has 1 aromatic carbocycles. The van der Waals surface area contributed by atoms with Gasteiger partial charge in [0.1, 0.15) is 5.82 Å². The number of rotatable bonds is 3. The van der Waals surface area contributed by atoms with Crippen LogP contribution in [0.5, 0.6) is 0 Å². The summed E-state index contributed by atoms with van der Waals surface area (Å²) in [6.07, 6.45) is 2.51. The Kier molecular flexibility index (Phi) is 3.67. The summed E-state index contributed by atoms with van der Waals surface area (Å²) in [5.74, 6) is -0.107. The van der Waals surface area contributed by atoms with Gasteiger partial charge in [-0.2, -0.15) is 4.99 Å². The molecule has 90 valence electrons. The van der Waals surface area contributed by atoms with Crippen molar-refractivity contribution in [2.75, 3.05) is 20.1 Å². The summed E-state index contributed by atoms with van der Waals surface area (Å²) < 4.78 is 13.7. The Hall–Kier alpha value is -1.51. The van der Waals surface area contributed by atoms with Crippen LogP contribution in [0.4, 0.5) is 4.39 Å². The number of nitrogens with zero attached hydrogens (tertiary/aromatic N) is 2. The topological polar surface area (TPSA) is 32.7 Å². The van der Waals surface area contributed by atoms with Crippen LogP contribution in [0.1, 0.15) is 18.0 Å². The molecule has 1 aliphatic heterocycles. The molecule has 1 aromatic rings. The van der Waals surface area contributed by atoms with E-state index < -0.39 is 6.04 Å². The second kappa shape index (κ2) is 5.21. The van der Waals surface area contributed by atoms with Crippen LogP contribution in [-0.4, -0.2) is 31.1 Å². The van der Waals surface area contributed by atoms with Crippen LogP contribution < -0.4 is 0 Å². The van der Waals surface area contributed by atoms with E-state index in [2.05, 4.69) is 9.89 Å². The predicted molar refractivity (Wildman–Crippen MR) is 62.9 cm³/mol. The van der Waals surface area contributed by atoms with Crippen molar-refractivity contribution in [1.82, 2.24) is 4.90 Å². The third kappa shape index (κ3) is 2.60. The molecule has 2 rings (SSSR count). The van der Waals surface area contributed by atoms with E-state index in [1.165, 1.54) is 6.07 Å². The SMILES string of the molecule is CN1CCC(C(N=C=O)c2ccccc2F)C1. The predicted octanol–water partition coefficient (Wildman–Crippen LogP) is 2.15. The van der Waals surface area contributed by atoms with Gasteiger partial charge in [0.25, 0.3) is 0 Å². The van der Waals surface area contributed by atoms with Crippen molar-refractivity contribution in [3.05, 3.63) is 35.6 Å². The standard InChI is InChI=1S/C13H15FN2O/c1-16-7-6-10(8-16)13(15-9-17)11-4-2-3-5-12(11)14/h2-5,10,13H,6-8H2,1H3. The molecule has 0 bridgehead atoms. The summed E-state index contributed by atoms with van der Waals surface area (Å²) in [5, 5.41) is 0. The summed E-state index contributed by atoms with van der Waals surface area (Å²) in [6.45, 7) is 1.80. The average molecular weight is 234 g/mol. The lowest BCUT2D eigenvalue weighted by molar-refractivity contribution is 0.368. The first-order chi connectivity index (χ1) is 8.22. The van der Waals surface area contributed by atoms with Crippen molar-refractivity contribution in [3.8, 4) is 0 Å². The van der Waals surface area contributed by atoms with Crippen LogP contribution in [-0.2, 0) is 4.79 Å². The maximum absolute atomic E-state index is 13.7. The van der Waals surface area contributed by atoms with Gasteiger partial charge in [0.2, 0.25) is 6.08 Å². The highest BCUT2D eigenvalue weighted by Gasteiger charge is 2.30. The molecule has 1 heterocycles.